The smallest absolute Gasteiger partial charge is 0.347 e. The van der Waals surface area contributed by atoms with Gasteiger partial charge in [0.25, 0.3) is 0 Å². The summed E-state index contributed by atoms with van der Waals surface area (Å²) in [6.45, 7) is 5.92. The molecule has 0 fully saturated rings. The zero-order valence-electron chi connectivity index (χ0n) is 12.0. The van der Waals surface area contributed by atoms with Gasteiger partial charge in [-0.2, -0.15) is 0 Å². The number of carbonyl (C=O) groups is 1. The van der Waals surface area contributed by atoms with Crippen molar-refractivity contribution in [2.24, 2.45) is 0 Å². The summed E-state index contributed by atoms with van der Waals surface area (Å²) in [5, 5.41) is 10.8. The van der Waals surface area contributed by atoms with Crippen LogP contribution in [0.2, 0.25) is 5.02 Å². The molecule has 0 unspecified atom stereocenters. The van der Waals surface area contributed by atoms with E-state index in [2.05, 4.69) is 4.98 Å². The SMILES string of the molecule is CC(C)(C)c1nc(CSc2ccccc2Cl)sc1C(=O)O. The number of halogens is 1. The van der Waals surface area contributed by atoms with Gasteiger partial charge in [-0.1, -0.05) is 44.5 Å². The van der Waals surface area contributed by atoms with Crippen LogP contribution in [-0.2, 0) is 11.2 Å². The molecule has 0 aliphatic rings. The summed E-state index contributed by atoms with van der Waals surface area (Å²) in [5.41, 5.74) is 0.368. The summed E-state index contributed by atoms with van der Waals surface area (Å²) in [5.74, 6) is -0.295. The Balaban J connectivity index is 2.22. The van der Waals surface area contributed by atoms with Crippen molar-refractivity contribution in [3.05, 3.63) is 44.9 Å². The predicted molar refractivity (Wildman–Crippen MR) is 88.8 cm³/mol. The van der Waals surface area contributed by atoms with Crippen LogP contribution in [0.5, 0.6) is 0 Å². The minimum Gasteiger partial charge on any atom is -0.477 e. The fourth-order valence-electron chi connectivity index (χ4n) is 1.78. The molecule has 1 aromatic carbocycles. The highest BCUT2D eigenvalue weighted by Crippen LogP contribution is 2.34. The van der Waals surface area contributed by atoms with Crippen molar-refractivity contribution in [3.8, 4) is 0 Å². The molecular weight excluding hydrogens is 326 g/mol. The quantitative estimate of drug-likeness (QED) is 0.787. The molecular formula is C15H16ClNO2S2. The van der Waals surface area contributed by atoms with Crippen molar-refractivity contribution in [1.29, 1.82) is 0 Å². The van der Waals surface area contributed by atoms with E-state index in [4.69, 9.17) is 11.6 Å². The lowest BCUT2D eigenvalue weighted by Gasteiger charge is -2.16. The molecule has 0 atom stereocenters. The van der Waals surface area contributed by atoms with E-state index in [1.807, 2.05) is 45.0 Å². The highest BCUT2D eigenvalue weighted by molar-refractivity contribution is 7.98. The van der Waals surface area contributed by atoms with E-state index in [1.54, 1.807) is 11.8 Å². The van der Waals surface area contributed by atoms with E-state index in [-0.39, 0.29) is 5.41 Å². The van der Waals surface area contributed by atoms with E-state index >= 15 is 0 Å². The number of rotatable bonds is 4. The van der Waals surface area contributed by atoms with Crippen LogP contribution in [0.3, 0.4) is 0 Å². The van der Waals surface area contributed by atoms with Crippen LogP contribution in [0.25, 0.3) is 0 Å². The fourth-order valence-corrected chi connectivity index (χ4v) is 4.13. The summed E-state index contributed by atoms with van der Waals surface area (Å²) in [6, 6.07) is 7.60. The largest absolute Gasteiger partial charge is 0.477 e. The minimum absolute atomic E-state index is 0.280. The zero-order valence-corrected chi connectivity index (χ0v) is 14.4. The molecule has 2 aromatic rings. The van der Waals surface area contributed by atoms with Crippen LogP contribution in [0.4, 0.5) is 0 Å². The number of hydrogen-bond acceptors (Lipinski definition) is 4. The standard InChI is InChI=1S/C15H16ClNO2S2/c1-15(2,3)13-12(14(18)19)21-11(17-13)8-20-10-7-5-4-6-9(10)16/h4-7H,8H2,1-3H3,(H,18,19). The Morgan fingerprint density at radius 1 is 1.38 bits per heavy atom. The molecule has 0 bridgehead atoms. The Kier molecular flexibility index (Phi) is 4.96. The number of thiazole rings is 1. The molecule has 0 saturated heterocycles. The Labute approximate surface area is 137 Å². The molecule has 0 spiro atoms. The molecule has 0 radical (unpaired) electrons. The molecule has 0 aliphatic heterocycles. The van der Waals surface area contributed by atoms with Crippen molar-refractivity contribution >= 4 is 40.7 Å². The van der Waals surface area contributed by atoms with Gasteiger partial charge in [-0.25, -0.2) is 9.78 Å². The zero-order chi connectivity index (χ0) is 15.6. The van der Waals surface area contributed by atoms with Gasteiger partial charge in [0, 0.05) is 10.3 Å². The maximum absolute atomic E-state index is 11.4. The Morgan fingerprint density at radius 3 is 2.57 bits per heavy atom. The second kappa shape index (κ2) is 6.38. The number of aromatic carboxylic acids is 1. The number of carboxylic acid groups (broad SMARTS) is 1. The molecule has 2 rings (SSSR count). The van der Waals surface area contributed by atoms with E-state index in [9.17, 15) is 9.90 Å². The number of carboxylic acids is 1. The van der Waals surface area contributed by atoms with Crippen LogP contribution in [0, 0.1) is 0 Å². The van der Waals surface area contributed by atoms with Crippen molar-refractivity contribution in [2.75, 3.05) is 0 Å². The average Bonchev–Trinajstić information content (AvgIpc) is 2.82. The summed E-state index contributed by atoms with van der Waals surface area (Å²) in [7, 11) is 0. The lowest BCUT2D eigenvalue weighted by Crippen LogP contribution is -2.16. The van der Waals surface area contributed by atoms with Gasteiger partial charge in [0.2, 0.25) is 0 Å². The molecule has 0 aliphatic carbocycles. The molecule has 1 N–H and O–H groups in total. The van der Waals surface area contributed by atoms with Gasteiger partial charge in [-0.3, -0.25) is 0 Å². The third-order valence-corrected chi connectivity index (χ3v) is 5.52. The third kappa shape index (κ3) is 3.99. The van der Waals surface area contributed by atoms with E-state index in [1.165, 1.54) is 11.3 Å². The third-order valence-electron chi connectivity index (χ3n) is 2.76. The van der Waals surface area contributed by atoms with Gasteiger partial charge in [-0.05, 0) is 12.1 Å². The van der Waals surface area contributed by atoms with Gasteiger partial charge in [0.15, 0.2) is 0 Å². The minimum atomic E-state index is -0.911. The first kappa shape index (κ1) is 16.3. The normalized spacial score (nSPS) is 11.6. The average molecular weight is 342 g/mol. The Morgan fingerprint density at radius 2 is 2.05 bits per heavy atom. The van der Waals surface area contributed by atoms with Crippen molar-refractivity contribution in [2.45, 2.75) is 36.8 Å². The predicted octanol–water partition coefficient (Wildman–Crippen LogP) is 5.08. The molecule has 0 amide bonds. The van der Waals surface area contributed by atoms with Crippen LogP contribution >= 0.6 is 34.7 Å². The molecule has 3 nitrogen and oxygen atoms in total. The molecule has 1 aromatic heterocycles. The number of benzene rings is 1. The molecule has 112 valence electrons. The van der Waals surface area contributed by atoms with E-state index in [0.29, 0.717) is 21.3 Å². The Hall–Kier alpha value is -1.04. The second-order valence-corrected chi connectivity index (χ2v) is 8.07. The van der Waals surface area contributed by atoms with Crippen molar-refractivity contribution in [3.63, 3.8) is 0 Å². The molecule has 21 heavy (non-hydrogen) atoms. The van der Waals surface area contributed by atoms with E-state index in [0.717, 1.165) is 9.90 Å². The van der Waals surface area contributed by atoms with Gasteiger partial charge < -0.3 is 5.11 Å². The van der Waals surface area contributed by atoms with Crippen LogP contribution in [0.1, 0.15) is 41.1 Å². The molecule has 1 heterocycles. The summed E-state index contributed by atoms with van der Waals surface area (Å²) in [4.78, 5) is 17.2. The summed E-state index contributed by atoms with van der Waals surface area (Å²) >= 11 is 8.93. The first-order valence-electron chi connectivity index (χ1n) is 6.40. The monoisotopic (exact) mass is 341 g/mol. The highest BCUT2D eigenvalue weighted by atomic mass is 35.5. The van der Waals surface area contributed by atoms with E-state index < -0.39 is 5.97 Å². The first-order chi connectivity index (χ1) is 9.79. The second-order valence-electron chi connectivity index (χ2n) is 5.56. The van der Waals surface area contributed by atoms with Gasteiger partial charge in [0.05, 0.1) is 16.5 Å². The fraction of sp³-hybridized carbons (Fsp3) is 0.333. The topological polar surface area (TPSA) is 50.2 Å². The van der Waals surface area contributed by atoms with Crippen LogP contribution in [-0.4, -0.2) is 16.1 Å². The van der Waals surface area contributed by atoms with Crippen LogP contribution < -0.4 is 0 Å². The number of hydrogen-bond donors (Lipinski definition) is 1. The van der Waals surface area contributed by atoms with Crippen molar-refractivity contribution < 1.29 is 9.90 Å². The summed E-state index contributed by atoms with van der Waals surface area (Å²) in [6.07, 6.45) is 0. The van der Waals surface area contributed by atoms with Gasteiger partial charge >= 0.3 is 5.97 Å². The van der Waals surface area contributed by atoms with Crippen LogP contribution in [0.15, 0.2) is 29.2 Å². The van der Waals surface area contributed by atoms with Gasteiger partial charge in [0.1, 0.15) is 9.88 Å². The number of thioether (sulfide) groups is 1. The maximum atomic E-state index is 11.4. The lowest BCUT2D eigenvalue weighted by molar-refractivity contribution is 0.0699. The molecule has 6 heteroatoms. The van der Waals surface area contributed by atoms with Crippen molar-refractivity contribution in [1.82, 2.24) is 4.98 Å². The maximum Gasteiger partial charge on any atom is 0.347 e. The number of aromatic nitrogens is 1. The lowest BCUT2D eigenvalue weighted by atomic mass is 9.91. The number of nitrogens with zero attached hydrogens (tertiary/aromatic N) is 1. The van der Waals surface area contributed by atoms with Gasteiger partial charge in [-0.15, -0.1) is 23.1 Å². The first-order valence-corrected chi connectivity index (χ1v) is 8.58. The summed E-state index contributed by atoms with van der Waals surface area (Å²) < 4.78 is 0. The highest BCUT2D eigenvalue weighted by Gasteiger charge is 2.26. The Bertz CT molecular complexity index is 662. The molecule has 0 saturated carbocycles.